The molecule has 1 N–H and O–H groups in total. The zero-order valence-electron chi connectivity index (χ0n) is 7.95. The lowest BCUT2D eigenvalue weighted by molar-refractivity contribution is 1.24. The van der Waals surface area contributed by atoms with Crippen molar-refractivity contribution in [3.8, 4) is 11.1 Å². The highest BCUT2D eigenvalue weighted by molar-refractivity contribution is 5.62. The van der Waals surface area contributed by atoms with E-state index in [1.807, 2.05) is 37.3 Å². The molecule has 1 aromatic heterocycles. The Labute approximate surface area is 82.2 Å². The van der Waals surface area contributed by atoms with Gasteiger partial charge >= 0.3 is 0 Å². The second-order valence-corrected chi connectivity index (χ2v) is 3.31. The van der Waals surface area contributed by atoms with Gasteiger partial charge in [-0.15, -0.1) is 0 Å². The normalized spacial score (nSPS) is 10.1. The second-order valence-electron chi connectivity index (χ2n) is 3.31. The van der Waals surface area contributed by atoms with Crippen LogP contribution >= 0.6 is 0 Å². The number of rotatable bonds is 1. The van der Waals surface area contributed by atoms with Crippen LogP contribution in [0.2, 0.25) is 0 Å². The molecule has 2 heteroatoms. The van der Waals surface area contributed by atoms with Crippen molar-refractivity contribution in [2.75, 3.05) is 0 Å². The Morgan fingerprint density at radius 2 is 1.71 bits per heavy atom. The molecule has 1 heterocycles. The third-order valence-electron chi connectivity index (χ3n) is 2.16. The molecular weight excluding hydrogens is 174 g/mol. The number of aryl methyl sites for hydroxylation is 1. The number of hydrogen-bond acceptors (Lipinski definition) is 1. The summed E-state index contributed by atoms with van der Waals surface area (Å²) >= 11 is 0. The lowest BCUT2D eigenvalue weighted by atomic mass is 10.1. The zero-order valence-corrected chi connectivity index (χ0v) is 7.95. The second kappa shape index (κ2) is 3.50. The Morgan fingerprint density at radius 3 is 2.36 bits per heavy atom. The fourth-order valence-electron chi connectivity index (χ4n) is 1.37. The molecule has 0 amide bonds. The quantitative estimate of drug-likeness (QED) is 0.726. The van der Waals surface area contributed by atoms with Gasteiger partial charge in [0, 0.05) is 12.3 Å². The number of nitrogens with one attached hydrogen (secondary N) is 1. The van der Waals surface area contributed by atoms with Gasteiger partial charge in [0.25, 0.3) is 0 Å². The van der Waals surface area contributed by atoms with Gasteiger partial charge in [-0.05, 0) is 24.1 Å². The molecule has 0 spiro atoms. The molecule has 0 radical (unpaired) electrons. The minimum atomic E-state index is -0.0666. The van der Waals surface area contributed by atoms with Crippen molar-refractivity contribution in [1.82, 2.24) is 4.98 Å². The minimum absolute atomic E-state index is 0.0666. The summed E-state index contributed by atoms with van der Waals surface area (Å²) in [6.45, 7) is 2.04. The first-order valence-electron chi connectivity index (χ1n) is 4.51. The van der Waals surface area contributed by atoms with Crippen LogP contribution in [0.3, 0.4) is 0 Å². The van der Waals surface area contributed by atoms with E-state index in [1.54, 1.807) is 12.3 Å². The van der Waals surface area contributed by atoms with Gasteiger partial charge in [-0.3, -0.25) is 4.79 Å². The van der Waals surface area contributed by atoms with E-state index < -0.39 is 0 Å². The lowest BCUT2D eigenvalue weighted by Gasteiger charge is -2.00. The van der Waals surface area contributed by atoms with Crippen LogP contribution in [-0.2, 0) is 0 Å². The van der Waals surface area contributed by atoms with Crippen LogP contribution in [-0.4, -0.2) is 4.98 Å². The molecule has 2 nitrogen and oxygen atoms in total. The average molecular weight is 185 g/mol. The summed E-state index contributed by atoms with van der Waals surface area (Å²) in [5.74, 6) is 0. The molecule has 0 aliphatic heterocycles. The number of H-pyrrole nitrogens is 1. The van der Waals surface area contributed by atoms with Crippen LogP contribution in [0.5, 0.6) is 0 Å². The molecule has 0 aliphatic rings. The van der Waals surface area contributed by atoms with Crippen molar-refractivity contribution in [2.45, 2.75) is 6.92 Å². The molecule has 0 atom stereocenters. The van der Waals surface area contributed by atoms with Gasteiger partial charge < -0.3 is 4.98 Å². The van der Waals surface area contributed by atoms with Crippen molar-refractivity contribution in [2.24, 2.45) is 0 Å². The van der Waals surface area contributed by atoms with E-state index in [0.717, 1.165) is 11.1 Å². The maximum atomic E-state index is 11.1. The van der Waals surface area contributed by atoms with Crippen molar-refractivity contribution >= 4 is 0 Å². The number of hydrogen-bond donors (Lipinski definition) is 1. The first-order chi connectivity index (χ1) is 6.75. The van der Waals surface area contributed by atoms with E-state index in [1.165, 1.54) is 5.56 Å². The molecule has 0 bridgehead atoms. The highest BCUT2D eigenvalue weighted by Gasteiger charge is 1.96. The largest absolute Gasteiger partial charge is 0.329 e. The molecule has 14 heavy (non-hydrogen) atoms. The summed E-state index contributed by atoms with van der Waals surface area (Å²) in [5.41, 5.74) is 3.18. The predicted octanol–water partition coefficient (Wildman–Crippen LogP) is 2.35. The van der Waals surface area contributed by atoms with Crippen molar-refractivity contribution in [3.63, 3.8) is 0 Å². The molecule has 0 unspecified atom stereocenters. The third-order valence-corrected chi connectivity index (χ3v) is 2.16. The van der Waals surface area contributed by atoms with Crippen LogP contribution in [0.1, 0.15) is 5.56 Å². The SMILES string of the molecule is Cc1ccc(-c2cc[nH]c(=O)c2)cc1. The standard InChI is InChI=1S/C12H11NO/c1-9-2-4-10(5-3-9)11-6-7-13-12(14)8-11/h2-8H,1H3,(H,13,14). The number of pyridine rings is 1. The van der Waals surface area contributed by atoms with Gasteiger partial charge in [0.05, 0.1) is 0 Å². The summed E-state index contributed by atoms with van der Waals surface area (Å²) in [6.07, 6.45) is 1.66. The van der Waals surface area contributed by atoms with Gasteiger partial charge in [0.2, 0.25) is 5.56 Å². The summed E-state index contributed by atoms with van der Waals surface area (Å²) in [4.78, 5) is 13.7. The molecule has 0 saturated heterocycles. The molecule has 1 aromatic carbocycles. The molecule has 0 fully saturated rings. The van der Waals surface area contributed by atoms with Gasteiger partial charge in [0.1, 0.15) is 0 Å². The van der Waals surface area contributed by atoms with Crippen LogP contribution in [0.4, 0.5) is 0 Å². The Hall–Kier alpha value is -1.83. The van der Waals surface area contributed by atoms with Crippen molar-refractivity contribution in [3.05, 3.63) is 58.5 Å². The van der Waals surface area contributed by atoms with E-state index in [9.17, 15) is 4.79 Å². The third kappa shape index (κ3) is 1.74. The monoisotopic (exact) mass is 185 g/mol. The van der Waals surface area contributed by atoms with E-state index in [-0.39, 0.29) is 5.56 Å². The van der Waals surface area contributed by atoms with Gasteiger partial charge in [0.15, 0.2) is 0 Å². The summed E-state index contributed by atoms with van der Waals surface area (Å²) < 4.78 is 0. The van der Waals surface area contributed by atoms with E-state index >= 15 is 0 Å². The van der Waals surface area contributed by atoms with E-state index in [0.29, 0.717) is 0 Å². The Balaban J connectivity index is 2.50. The molecule has 0 saturated carbocycles. The predicted molar refractivity (Wildman–Crippen MR) is 57.2 cm³/mol. The minimum Gasteiger partial charge on any atom is -0.329 e. The Kier molecular flexibility index (Phi) is 2.19. The van der Waals surface area contributed by atoms with Gasteiger partial charge in [-0.1, -0.05) is 29.8 Å². The fraction of sp³-hybridized carbons (Fsp3) is 0.0833. The first kappa shape index (κ1) is 8.75. The summed E-state index contributed by atoms with van der Waals surface area (Å²) in [7, 11) is 0. The van der Waals surface area contributed by atoms with Gasteiger partial charge in [-0.2, -0.15) is 0 Å². The Morgan fingerprint density at radius 1 is 1.00 bits per heavy atom. The molecular formula is C12H11NO. The molecule has 2 aromatic rings. The average Bonchev–Trinajstić information content (AvgIpc) is 2.19. The number of benzene rings is 1. The maximum absolute atomic E-state index is 11.1. The van der Waals surface area contributed by atoms with Gasteiger partial charge in [-0.25, -0.2) is 0 Å². The number of aromatic amines is 1. The van der Waals surface area contributed by atoms with E-state index in [2.05, 4.69) is 4.98 Å². The molecule has 0 aliphatic carbocycles. The highest BCUT2D eigenvalue weighted by atomic mass is 16.1. The topological polar surface area (TPSA) is 32.9 Å². The first-order valence-corrected chi connectivity index (χ1v) is 4.51. The van der Waals surface area contributed by atoms with Crippen LogP contribution < -0.4 is 5.56 Å². The Bertz CT molecular complexity index is 482. The smallest absolute Gasteiger partial charge is 0.248 e. The van der Waals surface area contributed by atoms with Crippen molar-refractivity contribution < 1.29 is 0 Å². The molecule has 70 valence electrons. The van der Waals surface area contributed by atoms with Crippen LogP contribution in [0.15, 0.2) is 47.4 Å². The lowest BCUT2D eigenvalue weighted by Crippen LogP contribution is -2.01. The van der Waals surface area contributed by atoms with Crippen molar-refractivity contribution in [1.29, 1.82) is 0 Å². The zero-order chi connectivity index (χ0) is 9.97. The van der Waals surface area contributed by atoms with Crippen LogP contribution in [0, 0.1) is 6.92 Å². The summed E-state index contributed by atoms with van der Waals surface area (Å²) in [5, 5.41) is 0. The summed E-state index contributed by atoms with van der Waals surface area (Å²) in [6, 6.07) is 11.6. The maximum Gasteiger partial charge on any atom is 0.248 e. The number of aromatic nitrogens is 1. The fourth-order valence-corrected chi connectivity index (χ4v) is 1.37. The molecule has 2 rings (SSSR count). The highest BCUT2D eigenvalue weighted by Crippen LogP contribution is 2.16. The van der Waals surface area contributed by atoms with Crippen LogP contribution in [0.25, 0.3) is 11.1 Å². The van der Waals surface area contributed by atoms with E-state index in [4.69, 9.17) is 0 Å².